The van der Waals surface area contributed by atoms with E-state index in [-0.39, 0.29) is 5.78 Å². The van der Waals surface area contributed by atoms with Crippen LogP contribution in [0.1, 0.15) is 28.7 Å². The van der Waals surface area contributed by atoms with E-state index in [0.29, 0.717) is 11.4 Å². The first-order chi connectivity index (χ1) is 7.72. The minimum atomic E-state index is -0.0214. The predicted molar refractivity (Wildman–Crippen MR) is 62.5 cm³/mol. The fourth-order valence-electron chi connectivity index (χ4n) is 1.61. The van der Waals surface area contributed by atoms with E-state index in [1.807, 2.05) is 48.9 Å². The zero-order chi connectivity index (χ0) is 11.5. The number of rotatable bonds is 3. The number of hydrogen-bond donors (Lipinski definition) is 0. The van der Waals surface area contributed by atoms with Crippen molar-refractivity contribution < 1.29 is 4.79 Å². The van der Waals surface area contributed by atoms with Crippen molar-refractivity contribution in [3.8, 4) is 0 Å². The normalized spacial score (nSPS) is 10.4. The monoisotopic (exact) mass is 214 g/mol. The molecule has 1 aromatic carbocycles. The molecular formula is C13H14N2O. The van der Waals surface area contributed by atoms with Crippen molar-refractivity contribution in [2.75, 3.05) is 0 Å². The standard InChI is InChI=1S/C13H14N2O/c1-3-15-9-8-14-13(15)12(16)11-6-4-10(2)5-7-11/h4-9H,3H2,1-2H3. The number of benzene rings is 1. The van der Waals surface area contributed by atoms with E-state index in [1.54, 1.807) is 6.20 Å². The van der Waals surface area contributed by atoms with Crippen molar-refractivity contribution in [3.05, 3.63) is 53.6 Å². The molecule has 1 aromatic heterocycles. The summed E-state index contributed by atoms with van der Waals surface area (Å²) in [4.78, 5) is 16.2. The summed E-state index contributed by atoms with van der Waals surface area (Å²) in [5.41, 5.74) is 1.84. The lowest BCUT2D eigenvalue weighted by Crippen LogP contribution is -2.10. The van der Waals surface area contributed by atoms with Gasteiger partial charge < -0.3 is 4.57 Å². The van der Waals surface area contributed by atoms with Gasteiger partial charge in [-0.05, 0) is 13.8 Å². The first-order valence-corrected chi connectivity index (χ1v) is 5.35. The third-order valence-corrected chi connectivity index (χ3v) is 2.57. The Bertz CT molecular complexity index is 497. The molecule has 0 aliphatic heterocycles. The number of carbonyl (C=O) groups excluding carboxylic acids is 1. The summed E-state index contributed by atoms with van der Waals surface area (Å²) in [7, 11) is 0. The summed E-state index contributed by atoms with van der Waals surface area (Å²) in [6.45, 7) is 4.75. The molecule has 0 atom stereocenters. The molecule has 3 nitrogen and oxygen atoms in total. The van der Waals surface area contributed by atoms with Crippen LogP contribution in [-0.2, 0) is 6.54 Å². The summed E-state index contributed by atoms with van der Waals surface area (Å²) in [5, 5.41) is 0. The smallest absolute Gasteiger partial charge is 0.228 e. The third kappa shape index (κ3) is 1.89. The van der Waals surface area contributed by atoms with Crippen LogP contribution in [0.4, 0.5) is 0 Å². The zero-order valence-corrected chi connectivity index (χ0v) is 9.47. The Morgan fingerprint density at radius 2 is 2.00 bits per heavy atom. The van der Waals surface area contributed by atoms with Crippen LogP contribution in [0.25, 0.3) is 0 Å². The van der Waals surface area contributed by atoms with E-state index in [1.165, 1.54) is 0 Å². The van der Waals surface area contributed by atoms with Crippen molar-refractivity contribution in [2.45, 2.75) is 20.4 Å². The van der Waals surface area contributed by atoms with Gasteiger partial charge in [-0.25, -0.2) is 4.98 Å². The molecule has 0 saturated heterocycles. The number of imidazole rings is 1. The number of aryl methyl sites for hydroxylation is 2. The van der Waals surface area contributed by atoms with Crippen molar-refractivity contribution in [1.29, 1.82) is 0 Å². The summed E-state index contributed by atoms with van der Waals surface area (Å²) in [6, 6.07) is 7.55. The number of nitrogens with zero attached hydrogens (tertiary/aromatic N) is 2. The Morgan fingerprint density at radius 3 is 2.62 bits per heavy atom. The molecule has 3 heteroatoms. The van der Waals surface area contributed by atoms with Gasteiger partial charge in [0.1, 0.15) is 0 Å². The number of ketones is 1. The van der Waals surface area contributed by atoms with Gasteiger partial charge in [-0.15, -0.1) is 0 Å². The van der Waals surface area contributed by atoms with Crippen LogP contribution >= 0.6 is 0 Å². The number of hydrogen-bond acceptors (Lipinski definition) is 2. The quantitative estimate of drug-likeness (QED) is 0.735. The van der Waals surface area contributed by atoms with E-state index in [0.717, 1.165) is 12.1 Å². The number of aromatic nitrogens is 2. The molecule has 0 fully saturated rings. The van der Waals surface area contributed by atoms with E-state index >= 15 is 0 Å². The molecule has 1 heterocycles. The summed E-state index contributed by atoms with van der Waals surface area (Å²) in [6.07, 6.45) is 3.48. The van der Waals surface area contributed by atoms with Crippen molar-refractivity contribution in [3.63, 3.8) is 0 Å². The first-order valence-electron chi connectivity index (χ1n) is 5.35. The molecular weight excluding hydrogens is 200 g/mol. The van der Waals surface area contributed by atoms with Crippen LogP contribution in [0, 0.1) is 6.92 Å². The van der Waals surface area contributed by atoms with Gasteiger partial charge in [-0.1, -0.05) is 29.8 Å². The average Bonchev–Trinajstić information content (AvgIpc) is 2.77. The molecule has 0 unspecified atom stereocenters. The number of carbonyl (C=O) groups is 1. The Balaban J connectivity index is 2.35. The topological polar surface area (TPSA) is 34.9 Å². The van der Waals surface area contributed by atoms with E-state index in [9.17, 15) is 4.79 Å². The van der Waals surface area contributed by atoms with Gasteiger partial charge >= 0.3 is 0 Å². The maximum atomic E-state index is 12.1. The van der Waals surface area contributed by atoms with Gasteiger partial charge in [0.2, 0.25) is 5.78 Å². The van der Waals surface area contributed by atoms with Gasteiger partial charge in [0.25, 0.3) is 0 Å². The van der Waals surface area contributed by atoms with Crippen molar-refractivity contribution >= 4 is 5.78 Å². The Labute approximate surface area is 94.7 Å². The predicted octanol–water partition coefficient (Wildman–Crippen LogP) is 2.44. The van der Waals surface area contributed by atoms with Gasteiger partial charge in [0.15, 0.2) is 5.82 Å². The molecule has 2 rings (SSSR count). The fraction of sp³-hybridized carbons (Fsp3) is 0.231. The largest absolute Gasteiger partial charge is 0.328 e. The Morgan fingerprint density at radius 1 is 1.31 bits per heavy atom. The first kappa shape index (κ1) is 10.6. The molecule has 0 N–H and O–H groups in total. The lowest BCUT2D eigenvalue weighted by molar-refractivity contribution is 0.102. The Hall–Kier alpha value is -1.90. The van der Waals surface area contributed by atoms with Gasteiger partial charge in [0.05, 0.1) is 0 Å². The van der Waals surface area contributed by atoms with Crippen LogP contribution in [0.3, 0.4) is 0 Å². The highest BCUT2D eigenvalue weighted by Crippen LogP contribution is 2.09. The second-order valence-electron chi connectivity index (χ2n) is 3.73. The minimum absolute atomic E-state index is 0.0214. The summed E-state index contributed by atoms with van der Waals surface area (Å²) >= 11 is 0. The lowest BCUT2D eigenvalue weighted by Gasteiger charge is -2.03. The molecule has 0 aliphatic rings. The molecule has 0 spiro atoms. The van der Waals surface area contributed by atoms with Gasteiger partial charge in [-0.3, -0.25) is 4.79 Å². The van der Waals surface area contributed by atoms with Crippen LogP contribution in [0.15, 0.2) is 36.7 Å². The second-order valence-corrected chi connectivity index (χ2v) is 3.73. The molecule has 0 amide bonds. The maximum Gasteiger partial charge on any atom is 0.228 e. The van der Waals surface area contributed by atoms with Gasteiger partial charge in [0, 0.05) is 24.5 Å². The summed E-state index contributed by atoms with van der Waals surface area (Å²) < 4.78 is 1.85. The second kappa shape index (κ2) is 4.31. The minimum Gasteiger partial charge on any atom is -0.328 e. The molecule has 16 heavy (non-hydrogen) atoms. The highest BCUT2D eigenvalue weighted by molar-refractivity contribution is 6.06. The molecule has 0 radical (unpaired) electrons. The molecule has 0 bridgehead atoms. The van der Waals surface area contributed by atoms with Crippen LogP contribution < -0.4 is 0 Å². The third-order valence-electron chi connectivity index (χ3n) is 2.57. The van der Waals surface area contributed by atoms with E-state index in [4.69, 9.17) is 0 Å². The molecule has 0 aliphatic carbocycles. The highest BCUT2D eigenvalue weighted by atomic mass is 16.1. The van der Waals surface area contributed by atoms with Crippen LogP contribution in [0.2, 0.25) is 0 Å². The lowest BCUT2D eigenvalue weighted by atomic mass is 10.1. The molecule has 0 saturated carbocycles. The van der Waals surface area contributed by atoms with E-state index < -0.39 is 0 Å². The SMILES string of the molecule is CCn1ccnc1C(=O)c1ccc(C)cc1. The van der Waals surface area contributed by atoms with Crippen molar-refractivity contribution in [2.24, 2.45) is 0 Å². The maximum absolute atomic E-state index is 12.1. The zero-order valence-electron chi connectivity index (χ0n) is 9.47. The highest BCUT2D eigenvalue weighted by Gasteiger charge is 2.13. The fourth-order valence-corrected chi connectivity index (χ4v) is 1.61. The Kier molecular flexibility index (Phi) is 2.86. The molecule has 2 aromatic rings. The summed E-state index contributed by atoms with van der Waals surface area (Å²) in [5.74, 6) is 0.484. The van der Waals surface area contributed by atoms with Gasteiger partial charge in [-0.2, -0.15) is 0 Å². The van der Waals surface area contributed by atoms with Crippen LogP contribution in [-0.4, -0.2) is 15.3 Å². The average molecular weight is 214 g/mol. The van der Waals surface area contributed by atoms with Crippen LogP contribution in [0.5, 0.6) is 0 Å². The van der Waals surface area contributed by atoms with Crippen molar-refractivity contribution in [1.82, 2.24) is 9.55 Å². The molecule has 82 valence electrons. The van der Waals surface area contributed by atoms with E-state index in [2.05, 4.69) is 4.98 Å².